The number of hydrogen-bond acceptors (Lipinski definition) is 5. The highest BCUT2D eigenvalue weighted by molar-refractivity contribution is 6.04. The molecule has 3 heterocycles. The van der Waals surface area contributed by atoms with Gasteiger partial charge in [-0.3, -0.25) is 19.6 Å². The molecule has 0 radical (unpaired) electrons. The zero-order chi connectivity index (χ0) is 27.1. The van der Waals surface area contributed by atoms with Gasteiger partial charge in [0.05, 0.1) is 11.9 Å². The van der Waals surface area contributed by atoms with Crippen molar-refractivity contribution in [1.82, 2.24) is 20.6 Å². The number of carbonyl (C=O) groups excluding carboxylic acids is 2. The summed E-state index contributed by atoms with van der Waals surface area (Å²) in [6, 6.07) is 5.38. The summed E-state index contributed by atoms with van der Waals surface area (Å²) in [4.78, 5) is 34.7. The molecule has 200 valence electrons. The molecule has 0 aromatic carbocycles. The van der Waals surface area contributed by atoms with Crippen molar-refractivity contribution in [3.05, 3.63) is 95.3 Å². The number of anilines is 1. The Morgan fingerprint density at radius 1 is 1.10 bits per heavy atom. The molecule has 0 saturated heterocycles. The van der Waals surface area contributed by atoms with E-state index >= 15 is 0 Å². The van der Waals surface area contributed by atoms with E-state index in [9.17, 15) is 9.59 Å². The Kier molecular flexibility index (Phi) is 6.45. The molecule has 2 aromatic rings. The maximum absolute atomic E-state index is 13.2. The van der Waals surface area contributed by atoms with Gasteiger partial charge in [0.15, 0.2) is 0 Å². The van der Waals surface area contributed by atoms with Crippen LogP contribution in [0, 0.1) is 24.7 Å². The molecular formula is C32H35N5O2. The number of nitrogens with zero attached hydrogens (tertiary/aromatic N) is 2. The molecule has 6 rings (SSSR count). The van der Waals surface area contributed by atoms with Crippen molar-refractivity contribution in [2.24, 2.45) is 17.8 Å². The summed E-state index contributed by atoms with van der Waals surface area (Å²) in [6.07, 6.45) is 20.8. The lowest BCUT2D eigenvalue weighted by Gasteiger charge is -2.28. The van der Waals surface area contributed by atoms with Gasteiger partial charge in [-0.2, -0.15) is 0 Å². The van der Waals surface area contributed by atoms with Gasteiger partial charge in [0.1, 0.15) is 6.04 Å². The molecule has 1 aliphatic heterocycles. The van der Waals surface area contributed by atoms with Gasteiger partial charge in [0, 0.05) is 47.1 Å². The van der Waals surface area contributed by atoms with E-state index in [4.69, 9.17) is 0 Å². The number of hydrogen-bond donors (Lipinski definition) is 3. The SMILES string of the molecule is CNC(=O)C1C=C(C2C=C(c3cc(NC(=O)c4ccnc(C5(C6CC6)CC5)c4)cnc3C)C=CC2C)C=CN1. The fourth-order valence-electron chi connectivity index (χ4n) is 6.01. The number of rotatable bonds is 7. The predicted octanol–water partition coefficient (Wildman–Crippen LogP) is 4.84. The van der Waals surface area contributed by atoms with E-state index in [1.54, 1.807) is 25.5 Å². The van der Waals surface area contributed by atoms with Crippen molar-refractivity contribution in [1.29, 1.82) is 0 Å². The lowest BCUT2D eigenvalue weighted by molar-refractivity contribution is -0.121. The number of pyridine rings is 2. The van der Waals surface area contributed by atoms with Crippen molar-refractivity contribution in [3.8, 4) is 0 Å². The van der Waals surface area contributed by atoms with Gasteiger partial charge in [0.25, 0.3) is 5.91 Å². The minimum Gasteiger partial charge on any atom is -0.377 e. The number of allylic oxidation sites excluding steroid dienone is 6. The molecule has 3 aliphatic carbocycles. The van der Waals surface area contributed by atoms with Crippen molar-refractivity contribution in [2.75, 3.05) is 12.4 Å². The fraction of sp³-hybridized carbons (Fsp3) is 0.375. The third-order valence-electron chi connectivity index (χ3n) is 8.66. The number of aromatic nitrogens is 2. The Labute approximate surface area is 229 Å². The standard InChI is InChI=1S/C32H35N5O2/c1-19-4-5-21(14-26(19)22-8-12-34-28(15-22)31(39)33-3)27-17-25(18-36-20(27)2)37-30(38)23-9-13-35-29(16-23)32(10-11-32)24-6-7-24/h4-5,8-9,12-19,24,26,28,34H,6-7,10-11H2,1-3H3,(H,33,39)(H,37,38). The maximum Gasteiger partial charge on any atom is 0.255 e. The van der Waals surface area contributed by atoms with Gasteiger partial charge < -0.3 is 16.0 Å². The van der Waals surface area contributed by atoms with Crippen LogP contribution in [0.4, 0.5) is 5.69 Å². The summed E-state index contributed by atoms with van der Waals surface area (Å²) >= 11 is 0. The number of aryl methyl sites for hydroxylation is 1. The minimum atomic E-state index is -0.389. The summed E-state index contributed by atoms with van der Waals surface area (Å²) in [5.41, 5.74) is 6.59. The molecule has 2 fully saturated rings. The third-order valence-corrected chi connectivity index (χ3v) is 8.66. The average molecular weight is 522 g/mol. The molecular weight excluding hydrogens is 486 g/mol. The third kappa shape index (κ3) is 4.93. The lowest BCUT2D eigenvalue weighted by atomic mass is 9.79. The molecule has 3 unspecified atom stereocenters. The van der Waals surface area contributed by atoms with Gasteiger partial charge >= 0.3 is 0 Å². The quantitative estimate of drug-likeness (QED) is 0.485. The maximum atomic E-state index is 13.2. The Morgan fingerprint density at radius 2 is 1.92 bits per heavy atom. The predicted molar refractivity (Wildman–Crippen MR) is 153 cm³/mol. The molecule has 39 heavy (non-hydrogen) atoms. The summed E-state index contributed by atoms with van der Waals surface area (Å²) < 4.78 is 0. The van der Waals surface area contributed by atoms with Gasteiger partial charge in [-0.05, 0) is 92.1 Å². The first-order chi connectivity index (χ1) is 18.9. The Bertz CT molecular complexity index is 1440. The minimum absolute atomic E-state index is 0.0651. The molecule has 7 heteroatoms. The zero-order valence-electron chi connectivity index (χ0n) is 22.7. The molecule has 0 spiro atoms. The van der Waals surface area contributed by atoms with E-state index in [2.05, 4.69) is 51.1 Å². The van der Waals surface area contributed by atoms with Crippen molar-refractivity contribution < 1.29 is 9.59 Å². The van der Waals surface area contributed by atoms with Crippen LogP contribution in [-0.2, 0) is 10.2 Å². The van der Waals surface area contributed by atoms with Gasteiger partial charge in [-0.15, -0.1) is 0 Å². The van der Waals surface area contributed by atoms with Crippen LogP contribution in [-0.4, -0.2) is 34.9 Å². The Balaban J connectivity index is 1.23. The molecule has 2 amide bonds. The number of dihydropyridines is 1. The second-order valence-corrected chi connectivity index (χ2v) is 11.3. The van der Waals surface area contributed by atoms with Crippen LogP contribution < -0.4 is 16.0 Å². The molecule has 2 saturated carbocycles. The lowest BCUT2D eigenvalue weighted by Crippen LogP contribution is -2.40. The van der Waals surface area contributed by atoms with Crippen molar-refractivity contribution in [2.45, 2.75) is 51.0 Å². The summed E-state index contributed by atoms with van der Waals surface area (Å²) in [6.45, 7) is 4.16. The highest BCUT2D eigenvalue weighted by atomic mass is 16.2. The van der Waals surface area contributed by atoms with E-state index in [0.29, 0.717) is 11.3 Å². The molecule has 7 nitrogen and oxygen atoms in total. The van der Waals surface area contributed by atoms with Crippen LogP contribution in [0.1, 0.15) is 59.9 Å². The van der Waals surface area contributed by atoms with Crippen molar-refractivity contribution in [3.63, 3.8) is 0 Å². The molecule has 4 aliphatic rings. The first-order valence-electron chi connectivity index (χ1n) is 13.9. The van der Waals surface area contributed by atoms with Crippen LogP contribution in [0.5, 0.6) is 0 Å². The summed E-state index contributed by atoms with van der Waals surface area (Å²) in [5.74, 6) is 0.915. The summed E-state index contributed by atoms with van der Waals surface area (Å²) in [7, 11) is 1.65. The van der Waals surface area contributed by atoms with Crippen LogP contribution in [0.25, 0.3) is 5.57 Å². The zero-order valence-corrected chi connectivity index (χ0v) is 22.7. The van der Waals surface area contributed by atoms with E-state index in [-0.39, 0.29) is 35.1 Å². The second-order valence-electron chi connectivity index (χ2n) is 11.3. The van der Waals surface area contributed by atoms with Crippen molar-refractivity contribution >= 4 is 23.1 Å². The summed E-state index contributed by atoms with van der Waals surface area (Å²) in [5, 5.41) is 8.88. The van der Waals surface area contributed by atoms with E-state index in [1.165, 1.54) is 25.7 Å². The first-order valence-corrected chi connectivity index (χ1v) is 13.9. The van der Waals surface area contributed by atoms with Crippen LogP contribution in [0.2, 0.25) is 0 Å². The first kappa shape index (κ1) is 25.3. The monoisotopic (exact) mass is 521 g/mol. The highest BCUT2D eigenvalue weighted by Crippen LogP contribution is 2.61. The fourth-order valence-corrected chi connectivity index (χ4v) is 6.01. The molecule has 3 atom stereocenters. The van der Waals surface area contributed by atoms with Crippen LogP contribution in [0.3, 0.4) is 0 Å². The number of carbonyl (C=O) groups is 2. The number of amides is 2. The second kappa shape index (κ2) is 9.95. The molecule has 0 bridgehead atoms. The van der Waals surface area contributed by atoms with Crippen LogP contribution in [0.15, 0.2) is 72.7 Å². The Hall–Kier alpha value is -4.00. The molecule has 3 N–H and O–H groups in total. The van der Waals surface area contributed by atoms with E-state index in [0.717, 1.165) is 34.0 Å². The number of nitrogens with one attached hydrogen (secondary N) is 3. The normalized spacial score (nSPS) is 24.7. The van der Waals surface area contributed by atoms with E-state index < -0.39 is 0 Å². The topological polar surface area (TPSA) is 96.0 Å². The average Bonchev–Trinajstić information content (AvgIpc) is 3.88. The Morgan fingerprint density at radius 3 is 2.67 bits per heavy atom. The van der Waals surface area contributed by atoms with Gasteiger partial charge in [0.2, 0.25) is 5.91 Å². The van der Waals surface area contributed by atoms with Gasteiger partial charge in [-0.25, -0.2) is 0 Å². The number of likely N-dealkylation sites (N-methyl/N-ethyl adjacent to an activating group) is 1. The smallest absolute Gasteiger partial charge is 0.255 e. The van der Waals surface area contributed by atoms with Crippen LogP contribution >= 0.6 is 0 Å². The largest absolute Gasteiger partial charge is 0.377 e. The highest BCUT2D eigenvalue weighted by Gasteiger charge is 2.55. The molecule has 2 aromatic heterocycles. The van der Waals surface area contributed by atoms with E-state index in [1.807, 2.05) is 37.4 Å². The van der Waals surface area contributed by atoms with Gasteiger partial charge in [-0.1, -0.05) is 25.2 Å².